The summed E-state index contributed by atoms with van der Waals surface area (Å²) in [6, 6.07) is 7.44. The maximum atomic E-state index is 11.4. The Morgan fingerprint density at radius 2 is 1.78 bits per heavy atom. The Hall–Kier alpha value is -2.02. The first-order valence-electron chi connectivity index (χ1n) is 7.64. The van der Waals surface area contributed by atoms with Crippen molar-refractivity contribution in [3.8, 4) is 0 Å². The van der Waals surface area contributed by atoms with Gasteiger partial charge in [0.1, 0.15) is 5.60 Å². The van der Waals surface area contributed by atoms with Crippen molar-refractivity contribution in [2.24, 2.45) is 0 Å². The van der Waals surface area contributed by atoms with Crippen LogP contribution in [0.3, 0.4) is 0 Å². The molecule has 0 radical (unpaired) electrons. The number of carbonyl (C=O) groups is 1. The predicted molar refractivity (Wildman–Crippen MR) is 98.5 cm³/mol. The van der Waals surface area contributed by atoms with Crippen LogP contribution in [0.1, 0.15) is 33.6 Å². The van der Waals surface area contributed by atoms with Gasteiger partial charge in [-0.1, -0.05) is 12.1 Å². The molecule has 1 aromatic rings. The minimum absolute atomic E-state index is 0.387. The summed E-state index contributed by atoms with van der Waals surface area (Å²) in [4.78, 5) is 11.4. The summed E-state index contributed by atoms with van der Waals surface area (Å²) in [6.45, 7) is 6.80. The van der Waals surface area contributed by atoms with Crippen molar-refractivity contribution in [3.63, 3.8) is 0 Å². The zero-order chi connectivity index (χ0) is 17.3. The lowest BCUT2D eigenvalue weighted by molar-refractivity contribution is 0.0527. The van der Waals surface area contributed by atoms with Gasteiger partial charge in [-0.15, -0.1) is 0 Å². The van der Waals surface area contributed by atoms with E-state index in [1.807, 2.05) is 45.0 Å². The Morgan fingerprint density at radius 1 is 1.17 bits per heavy atom. The summed E-state index contributed by atoms with van der Waals surface area (Å²) in [5, 5.41) is 9.41. The number of thiocarbonyl (C=S) groups is 1. The quantitative estimate of drug-likeness (QED) is 0.362. The van der Waals surface area contributed by atoms with Crippen LogP contribution in [0, 0.1) is 0 Å². The number of benzene rings is 1. The highest BCUT2D eigenvalue weighted by Gasteiger charge is 2.15. The first-order chi connectivity index (χ1) is 10.8. The highest BCUT2D eigenvalue weighted by molar-refractivity contribution is 7.80. The molecule has 128 valence electrons. The summed E-state index contributed by atoms with van der Waals surface area (Å²) in [7, 11) is 0. The third-order valence-electron chi connectivity index (χ3n) is 2.77. The number of ether oxygens (including phenoxy) is 1. The second kappa shape index (κ2) is 9.19. The van der Waals surface area contributed by atoms with Gasteiger partial charge in [0, 0.05) is 13.1 Å². The molecule has 6 nitrogen and oxygen atoms in total. The molecule has 0 aliphatic carbocycles. The van der Waals surface area contributed by atoms with E-state index in [1.54, 1.807) is 0 Å². The van der Waals surface area contributed by atoms with Crippen LogP contribution < -0.4 is 21.7 Å². The van der Waals surface area contributed by atoms with Crippen molar-refractivity contribution in [1.29, 1.82) is 0 Å². The van der Waals surface area contributed by atoms with Gasteiger partial charge < -0.3 is 26.4 Å². The number of rotatable bonds is 6. The van der Waals surface area contributed by atoms with E-state index in [4.69, 9.17) is 22.7 Å². The zero-order valence-corrected chi connectivity index (χ0v) is 14.8. The normalized spacial score (nSPS) is 10.7. The molecule has 0 spiro atoms. The van der Waals surface area contributed by atoms with E-state index in [1.165, 1.54) is 0 Å². The van der Waals surface area contributed by atoms with E-state index in [0.717, 1.165) is 18.5 Å². The molecule has 23 heavy (non-hydrogen) atoms. The van der Waals surface area contributed by atoms with Gasteiger partial charge in [-0.2, -0.15) is 0 Å². The SMILES string of the molecule is CC(C)(C)OC(=O)NCCCCNC(=S)Nc1ccccc1N. The average Bonchev–Trinajstić information content (AvgIpc) is 2.43. The number of anilines is 2. The lowest BCUT2D eigenvalue weighted by atomic mass is 10.2. The standard InChI is InChI=1S/C16H26N4O2S/c1-16(2,3)22-15(21)19-11-7-6-10-18-14(23)20-13-9-5-4-8-12(13)17/h4-5,8-9H,6-7,10-11,17H2,1-3H3,(H,19,21)(H2,18,20,23). The highest BCUT2D eigenvalue weighted by atomic mass is 32.1. The number of para-hydroxylation sites is 2. The van der Waals surface area contributed by atoms with Crippen LogP contribution in [-0.2, 0) is 4.74 Å². The molecule has 0 aliphatic heterocycles. The highest BCUT2D eigenvalue weighted by Crippen LogP contribution is 2.16. The zero-order valence-electron chi connectivity index (χ0n) is 13.9. The number of unbranched alkanes of at least 4 members (excludes halogenated alkanes) is 1. The molecule has 0 aliphatic rings. The minimum atomic E-state index is -0.469. The largest absolute Gasteiger partial charge is 0.444 e. The fourth-order valence-corrected chi connectivity index (χ4v) is 1.95. The van der Waals surface area contributed by atoms with Gasteiger partial charge >= 0.3 is 6.09 Å². The lowest BCUT2D eigenvalue weighted by Crippen LogP contribution is -2.33. The van der Waals surface area contributed by atoms with Crippen molar-refractivity contribution in [2.45, 2.75) is 39.2 Å². The van der Waals surface area contributed by atoms with E-state index in [-0.39, 0.29) is 6.09 Å². The molecule has 1 aromatic carbocycles. The Labute approximate surface area is 143 Å². The molecule has 1 amide bonds. The number of hydrogen-bond donors (Lipinski definition) is 4. The fraction of sp³-hybridized carbons (Fsp3) is 0.500. The topological polar surface area (TPSA) is 88.4 Å². The van der Waals surface area contributed by atoms with Crippen molar-refractivity contribution < 1.29 is 9.53 Å². The number of hydrogen-bond acceptors (Lipinski definition) is 4. The molecule has 5 N–H and O–H groups in total. The van der Waals surface area contributed by atoms with Gasteiger partial charge in [0.05, 0.1) is 11.4 Å². The Morgan fingerprint density at radius 3 is 2.39 bits per heavy atom. The van der Waals surface area contributed by atoms with Crippen LogP contribution in [-0.4, -0.2) is 29.9 Å². The van der Waals surface area contributed by atoms with Gasteiger partial charge in [0.15, 0.2) is 5.11 Å². The summed E-state index contributed by atoms with van der Waals surface area (Å²) in [5.41, 5.74) is 6.80. The van der Waals surface area contributed by atoms with Crippen LogP contribution in [0.4, 0.5) is 16.2 Å². The summed E-state index contributed by atoms with van der Waals surface area (Å²) in [5.74, 6) is 0. The van der Waals surface area contributed by atoms with Crippen LogP contribution in [0.25, 0.3) is 0 Å². The van der Waals surface area contributed by atoms with Gasteiger partial charge in [-0.3, -0.25) is 0 Å². The molecule has 0 bridgehead atoms. The molecule has 0 unspecified atom stereocenters. The van der Waals surface area contributed by atoms with Gasteiger partial charge in [-0.05, 0) is 58.0 Å². The maximum Gasteiger partial charge on any atom is 0.407 e. The Kier molecular flexibility index (Phi) is 7.61. The Bertz CT molecular complexity index is 529. The molecule has 0 saturated carbocycles. The van der Waals surface area contributed by atoms with Crippen LogP contribution in [0.15, 0.2) is 24.3 Å². The molecule has 0 saturated heterocycles. The molecule has 0 heterocycles. The van der Waals surface area contributed by atoms with Crippen LogP contribution in [0.2, 0.25) is 0 Å². The molecule has 0 fully saturated rings. The number of amides is 1. The summed E-state index contributed by atoms with van der Waals surface area (Å²) in [6.07, 6.45) is 1.33. The molecular weight excluding hydrogens is 312 g/mol. The molecule has 7 heteroatoms. The smallest absolute Gasteiger partial charge is 0.407 e. The van der Waals surface area contributed by atoms with E-state index >= 15 is 0 Å². The van der Waals surface area contributed by atoms with E-state index < -0.39 is 5.60 Å². The van der Waals surface area contributed by atoms with Crippen molar-refractivity contribution in [2.75, 3.05) is 24.1 Å². The number of nitrogen functional groups attached to an aromatic ring is 1. The van der Waals surface area contributed by atoms with Gasteiger partial charge in [0.2, 0.25) is 0 Å². The first kappa shape index (κ1) is 19.0. The molecular formula is C16H26N4O2S. The average molecular weight is 338 g/mol. The van der Waals surface area contributed by atoms with Gasteiger partial charge in [0.25, 0.3) is 0 Å². The molecule has 1 rings (SSSR count). The predicted octanol–water partition coefficient (Wildman–Crippen LogP) is 2.86. The first-order valence-corrected chi connectivity index (χ1v) is 8.05. The number of alkyl carbamates (subject to hydrolysis) is 1. The van der Waals surface area contributed by atoms with Crippen molar-refractivity contribution in [1.82, 2.24) is 10.6 Å². The lowest BCUT2D eigenvalue weighted by Gasteiger charge is -2.19. The number of nitrogens with two attached hydrogens (primary N) is 1. The summed E-state index contributed by atoms with van der Waals surface area (Å²) < 4.78 is 5.15. The third kappa shape index (κ3) is 8.87. The van der Waals surface area contributed by atoms with Crippen LogP contribution in [0.5, 0.6) is 0 Å². The molecule has 0 atom stereocenters. The second-order valence-corrected chi connectivity index (χ2v) is 6.51. The van der Waals surface area contributed by atoms with Crippen LogP contribution >= 0.6 is 12.2 Å². The van der Waals surface area contributed by atoms with Crippen molar-refractivity contribution in [3.05, 3.63) is 24.3 Å². The monoisotopic (exact) mass is 338 g/mol. The Balaban J connectivity index is 2.10. The van der Waals surface area contributed by atoms with E-state index in [0.29, 0.717) is 23.9 Å². The second-order valence-electron chi connectivity index (χ2n) is 6.10. The number of nitrogens with one attached hydrogen (secondary N) is 3. The third-order valence-corrected chi connectivity index (χ3v) is 3.01. The van der Waals surface area contributed by atoms with Gasteiger partial charge in [-0.25, -0.2) is 4.79 Å². The van der Waals surface area contributed by atoms with Crippen molar-refractivity contribution >= 4 is 34.8 Å². The van der Waals surface area contributed by atoms with E-state index in [2.05, 4.69) is 16.0 Å². The fourth-order valence-electron chi connectivity index (χ4n) is 1.73. The maximum absolute atomic E-state index is 11.4. The minimum Gasteiger partial charge on any atom is -0.444 e. The summed E-state index contributed by atoms with van der Waals surface area (Å²) >= 11 is 5.21. The number of carbonyl (C=O) groups excluding carboxylic acids is 1. The van der Waals surface area contributed by atoms with E-state index in [9.17, 15) is 4.79 Å². The molecule has 0 aromatic heterocycles.